The SMILES string of the molecule is N#C/C(=C/c1ccc(OC(=O)C(Cl)(Cl)Cl)cc1)c1cccc(Cl)c1. The molecule has 0 radical (unpaired) electrons. The third kappa shape index (κ3) is 5.15. The van der Waals surface area contributed by atoms with Crippen molar-refractivity contribution >= 4 is 64.0 Å². The van der Waals surface area contributed by atoms with E-state index in [1.807, 2.05) is 0 Å². The van der Waals surface area contributed by atoms with Crippen LogP contribution in [0.15, 0.2) is 48.5 Å². The maximum absolute atomic E-state index is 11.5. The van der Waals surface area contributed by atoms with E-state index in [1.165, 1.54) is 12.1 Å². The van der Waals surface area contributed by atoms with Gasteiger partial charge in [-0.15, -0.1) is 0 Å². The first-order chi connectivity index (χ1) is 11.3. The van der Waals surface area contributed by atoms with Gasteiger partial charge in [0.25, 0.3) is 3.79 Å². The molecule has 7 heteroatoms. The molecule has 0 heterocycles. The Kier molecular flexibility index (Phi) is 6.15. The van der Waals surface area contributed by atoms with Crippen molar-refractivity contribution in [1.82, 2.24) is 0 Å². The van der Waals surface area contributed by atoms with Crippen LogP contribution in [-0.4, -0.2) is 9.76 Å². The number of benzene rings is 2. The van der Waals surface area contributed by atoms with Gasteiger partial charge in [0.2, 0.25) is 0 Å². The van der Waals surface area contributed by atoms with Crippen LogP contribution in [0.4, 0.5) is 0 Å². The number of halogens is 4. The second-order valence-electron chi connectivity index (χ2n) is 4.64. The van der Waals surface area contributed by atoms with E-state index in [2.05, 4.69) is 6.07 Å². The summed E-state index contributed by atoms with van der Waals surface area (Å²) in [5.74, 6) is -0.767. The summed E-state index contributed by atoms with van der Waals surface area (Å²) in [5, 5.41) is 9.86. The highest BCUT2D eigenvalue weighted by Gasteiger charge is 2.33. The Labute approximate surface area is 159 Å². The van der Waals surface area contributed by atoms with Gasteiger partial charge in [0, 0.05) is 5.02 Å². The Hall–Kier alpha value is -1.70. The molecule has 0 aliphatic heterocycles. The number of nitrogens with zero attached hydrogens (tertiary/aromatic N) is 1. The molecule has 0 saturated carbocycles. The van der Waals surface area contributed by atoms with Crippen molar-refractivity contribution in [1.29, 1.82) is 5.26 Å². The molecule has 0 fully saturated rings. The quantitative estimate of drug-likeness (QED) is 0.219. The van der Waals surface area contributed by atoms with Crippen LogP contribution in [-0.2, 0) is 4.79 Å². The Morgan fingerprint density at radius 2 is 1.79 bits per heavy atom. The van der Waals surface area contributed by atoms with Gasteiger partial charge < -0.3 is 4.74 Å². The predicted molar refractivity (Wildman–Crippen MR) is 97.3 cm³/mol. The molecule has 0 bridgehead atoms. The van der Waals surface area contributed by atoms with E-state index < -0.39 is 9.76 Å². The smallest absolute Gasteiger partial charge is 0.363 e. The molecule has 24 heavy (non-hydrogen) atoms. The van der Waals surface area contributed by atoms with E-state index in [-0.39, 0.29) is 5.75 Å². The van der Waals surface area contributed by atoms with Crippen molar-refractivity contribution in [3.63, 3.8) is 0 Å². The highest BCUT2D eigenvalue weighted by Crippen LogP contribution is 2.29. The highest BCUT2D eigenvalue weighted by molar-refractivity contribution is 6.75. The summed E-state index contributed by atoms with van der Waals surface area (Å²) in [6.07, 6.45) is 1.69. The van der Waals surface area contributed by atoms with Crippen molar-refractivity contribution < 1.29 is 9.53 Å². The van der Waals surface area contributed by atoms with E-state index in [4.69, 9.17) is 51.1 Å². The number of rotatable bonds is 3. The lowest BCUT2D eigenvalue weighted by atomic mass is 10.0. The molecule has 0 N–H and O–H groups in total. The van der Waals surface area contributed by atoms with Gasteiger partial charge >= 0.3 is 5.97 Å². The van der Waals surface area contributed by atoms with Gasteiger partial charge in [-0.2, -0.15) is 5.26 Å². The molecular weight excluding hydrogens is 392 g/mol. The first-order valence-electron chi connectivity index (χ1n) is 6.56. The van der Waals surface area contributed by atoms with E-state index in [0.29, 0.717) is 16.2 Å². The molecule has 2 aromatic carbocycles. The number of hydrogen-bond acceptors (Lipinski definition) is 3. The van der Waals surface area contributed by atoms with E-state index in [0.717, 1.165) is 5.56 Å². The number of ether oxygens (including phenoxy) is 1. The van der Waals surface area contributed by atoms with Gasteiger partial charge in [0.15, 0.2) is 0 Å². The molecule has 0 atom stereocenters. The molecule has 2 rings (SSSR count). The zero-order valence-corrected chi connectivity index (χ0v) is 15.0. The fourth-order valence-corrected chi connectivity index (χ4v) is 2.11. The summed E-state index contributed by atoms with van der Waals surface area (Å²) in [6, 6.07) is 15.5. The second-order valence-corrected chi connectivity index (χ2v) is 7.35. The molecule has 3 nitrogen and oxygen atoms in total. The Bertz CT molecular complexity index is 818. The van der Waals surface area contributed by atoms with Crippen LogP contribution < -0.4 is 4.74 Å². The van der Waals surface area contributed by atoms with Crippen LogP contribution >= 0.6 is 46.4 Å². The minimum Gasteiger partial charge on any atom is -0.423 e. The topological polar surface area (TPSA) is 50.1 Å². The third-order valence-corrected chi connectivity index (χ3v) is 3.59. The van der Waals surface area contributed by atoms with Crippen LogP contribution in [0.25, 0.3) is 11.6 Å². The zero-order valence-electron chi connectivity index (χ0n) is 12.0. The van der Waals surface area contributed by atoms with Crippen molar-refractivity contribution in [2.24, 2.45) is 0 Å². The molecule has 0 unspecified atom stereocenters. The summed E-state index contributed by atoms with van der Waals surface area (Å²) >= 11 is 22.2. The zero-order chi connectivity index (χ0) is 17.7. The summed E-state index contributed by atoms with van der Waals surface area (Å²) in [4.78, 5) is 11.5. The largest absolute Gasteiger partial charge is 0.423 e. The van der Waals surface area contributed by atoms with Gasteiger partial charge in [-0.25, -0.2) is 4.79 Å². The van der Waals surface area contributed by atoms with Crippen molar-refractivity contribution in [3.05, 3.63) is 64.7 Å². The van der Waals surface area contributed by atoms with Crippen molar-refractivity contribution in [2.45, 2.75) is 3.79 Å². The number of alkyl halides is 3. The number of carbonyl (C=O) groups excluding carboxylic acids is 1. The molecule has 0 aromatic heterocycles. The Morgan fingerprint density at radius 3 is 2.33 bits per heavy atom. The number of allylic oxidation sites excluding steroid dienone is 1. The average molecular weight is 401 g/mol. The first kappa shape index (κ1) is 18.6. The fraction of sp³-hybridized carbons (Fsp3) is 0.0588. The Balaban J connectivity index is 2.21. The molecule has 122 valence electrons. The second kappa shape index (κ2) is 7.92. The third-order valence-electron chi connectivity index (χ3n) is 2.89. The minimum atomic E-state index is -2.14. The fourth-order valence-electron chi connectivity index (χ4n) is 1.80. The number of hydrogen-bond donors (Lipinski definition) is 0. The highest BCUT2D eigenvalue weighted by atomic mass is 35.6. The number of carbonyl (C=O) groups is 1. The van der Waals surface area contributed by atoms with Crippen LogP contribution in [0.1, 0.15) is 11.1 Å². The standard InChI is InChI=1S/C17H9Cl4NO2/c18-14-3-1-2-12(9-14)13(10-22)8-11-4-6-15(7-5-11)24-16(23)17(19,20)21/h1-9H/b13-8-. The lowest BCUT2D eigenvalue weighted by Gasteiger charge is -2.10. The monoisotopic (exact) mass is 399 g/mol. The van der Waals surface area contributed by atoms with Crippen molar-refractivity contribution in [3.8, 4) is 11.8 Å². The average Bonchev–Trinajstić information content (AvgIpc) is 2.53. The molecule has 0 aliphatic carbocycles. The number of nitriles is 1. The lowest BCUT2D eigenvalue weighted by Crippen LogP contribution is -2.24. The van der Waals surface area contributed by atoms with Gasteiger partial charge in [-0.05, 0) is 41.5 Å². The number of esters is 1. The van der Waals surface area contributed by atoms with Gasteiger partial charge in [0.1, 0.15) is 5.75 Å². The van der Waals surface area contributed by atoms with E-state index >= 15 is 0 Å². The maximum Gasteiger partial charge on any atom is 0.363 e. The van der Waals surface area contributed by atoms with E-state index in [9.17, 15) is 10.1 Å². The molecular formula is C17H9Cl4NO2. The van der Waals surface area contributed by atoms with Crippen LogP contribution in [0, 0.1) is 11.3 Å². The summed E-state index contributed by atoms with van der Waals surface area (Å²) in [5.41, 5.74) is 1.89. The van der Waals surface area contributed by atoms with Crippen molar-refractivity contribution in [2.75, 3.05) is 0 Å². The Morgan fingerprint density at radius 1 is 1.12 bits per heavy atom. The molecule has 0 aliphatic rings. The molecule has 0 amide bonds. The molecule has 2 aromatic rings. The lowest BCUT2D eigenvalue weighted by molar-refractivity contribution is -0.133. The van der Waals surface area contributed by atoms with Crippen LogP contribution in [0.3, 0.4) is 0 Å². The van der Waals surface area contributed by atoms with Gasteiger partial charge in [0.05, 0.1) is 11.6 Å². The summed E-state index contributed by atoms with van der Waals surface area (Å²) < 4.78 is 2.79. The van der Waals surface area contributed by atoms with Crippen LogP contribution in [0.2, 0.25) is 5.02 Å². The minimum absolute atomic E-state index is 0.227. The maximum atomic E-state index is 11.5. The van der Waals surface area contributed by atoms with E-state index in [1.54, 1.807) is 42.5 Å². The molecule has 0 saturated heterocycles. The predicted octanol–water partition coefficient (Wildman–Crippen LogP) is 5.68. The normalized spacial score (nSPS) is 11.7. The first-order valence-corrected chi connectivity index (χ1v) is 8.07. The van der Waals surface area contributed by atoms with Crippen LogP contribution in [0.5, 0.6) is 5.75 Å². The summed E-state index contributed by atoms with van der Waals surface area (Å²) in [7, 11) is 0. The van der Waals surface area contributed by atoms with Gasteiger partial charge in [-0.1, -0.05) is 70.7 Å². The molecule has 0 spiro atoms. The summed E-state index contributed by atoms with van der Waals surface area (Å²) in [6.45, 7) is 0. The van der Waals surface area contributed by atoms with Gasteiger partial charge in [-0.3, -0.25) is 0 Å².